The van der Waals surface area contributed by atoms with E-state index >= 15 is 0 Å². The van der Waals surface area contributed by atoms with Crippen molar-refractivity contribution in [2.24, 2.45) is 74.4 Å². The highest BCUT2D eigenvalue weighted by Gasteiger charge is 2.70. The van der Waals surface area contributed by atoms with E-state index in [-0.39, 0.29) is 28.8 Å². The van der Waals surface area contributed by atoms with Gasteiger partial charge >= 0.3 is 5.97 Å². The Morgan fingerprint density at radius 3 is 2.26 bits per heavy atom. The smallest absolute Gasteiger partial charge is 0.310 e. The van der Waals surface area contributed by atoms with Crippen molar-refractivity contribution in [2.45, 2.75) is 133 Å². The maximum atomic E-state index is 13.6. The van der Waals surface area contributed by atoms with Crippen molar-refractivity contribution in [3.8, 4) is 0 Å². The van der Waals surface area contributed by atoms with Crippen LogP contribution in [0.1, 0.15) is 127 Å². The minimum Gasteiger partial charge on any atom is -0.465 e. The molecule has 236 valence electrons. The first-order valence-electron chi connectivity index (χ1n) is 17.7. The van der Waals surface area contributed by atoms with E-state index in [4.69, 9.17) is 4.74 Å². The first-order chi connectivity index (χ1) is 19.5. The van der Waals surface area contributed by atoms with E-state index in [0.29, 0.717) is 58.4 Å². The van der Waals surface area contributed by atoms with Gasteiger partial charge in [-0.15, -0.1) is 0 Å². The molecule has 0 aromatic rings. The van der Waals surface area contributed by atoms with Crippen molar-refractivity contribution in [3.05, 3.63) is 23.8 Å². The number of fused-ring (bicyclic) bond motifs is 7. The van der Waals surface area contributed by atoms with Gasteiger partial charge in [-0.1, -0.05) is 65.3 Å². The highest BCUT2D eigenvalue weighted by Crippen LogP contribution is 2.77. The number of allylic oxidation sites excluding steroid dienone is 3. The van der Waals surface area contributed by atoms with Crippen molar-refractivity contribution in [3.63, 3.8) is 0 Å². The van der Waals surface area contributed by atoms with Gasteiger partial charge in [-0.2, -0.15) is 0 Å². The van der Waals surface area contributed by atoms with Crippen LogP contribution < -0.4 is 0 Å². The van der Waals surface area contributed by atoms with Crippen LogP contribution in [0.25, 0.3) is 0 Å². The van der Waals surface area contributed by atoms with Gasteiger partial charge < -0.3 is 9.84 Å². The lowest BCUT2D eigenvalue weighted by Gasteiger charge is -2.72. The topological polar surface area (TPSA) is 46.5 Å². The largest absolute Gasteiger partial charge is 0.465 e. The Bertz CT molecular complexity index is 1150. The number of hydrogen-bond acceptors (Lipinski definition) is 3. The van der Waals surface area contributed by atoms with Crippen molar-refractivity contribution < 1.29 is 14.6 Å². The second-order valence-corrected chi connectivity index (χ2v) is 18.2. The van der Waals surface area contributed by atoms with Gasteiger partial charge in [0.25, 0.3) is 0 Å². The average molecular weight is 579 g/mol. The first kappa shape index (κ1) is 30.9. The Morgan fingerprint density at radius 2 is 1.60 bits per heavy atom. The summed E-state index contributed by atoms with van der Waals surface area (Å²) in [5.41, 5.74) is 3.70. The third kappa shape index (κ3) is 4.16. The van der Waals surface area contributed by atoms with Crippen molar-refractivity contribution in [1.82, 2.24) is 0 Å². The van der Waals surface area contributed by atoms with Gasteiger partial charge in [0, 0.05) is 5.41 Å². The number of ether oxygens (including phenoxy) is 1. The number of hydrogen-bond donors (Lipinski definition) is 1. The molecule has 6 saturated carbocycles. The fourth-order valence-electron chi connectivity index (χ4n) is 13.2. The molecule has 13 atom stereocenters. The summed E-state index contributed by atoms with van der Waals surface area (Å²) in [7, 11) is 0. The number of rotatable bonds is 5. The number of esters is 1. The zero-order valence-electron chi connectivity index (χ0n) is 28.5. The highest BCUT2D eigenvalue weighted by atomic mass is 16.5. The summed E-state index contributed by atoms with van der Waals surface area (Å²) >= 11 is 0. The Morgan fingerprint density at radius 1 is 0.881 bits per heavy atom. The summed E-state index contributed by atoms with van der Waals surface area (Å²) in [6.07, 6.45) is 14.4. The summed E-state index contributed by atoms with van der Waals surface area (Å²) in [6.45, 7) is 26.5. The van der Waals surface area contributed by atoms with Gasteiger partial charge in [-0.25, -0.2) is 0 Å². The van der Waals surface area contributed by atoms with Gasteiger partial charge in [0.1, 0.15) is 0 Å². The average Bonchev–Trinajstić information content (AvgIpc) is 3.24. The van der Waals surface area contributed by atoms with Crippen molar-refractivity contribution >= 4 is 5.97 Å². The van der Waals surface area contributed by atoms with Crippen LogP contribution in [0.4, 0.5) is 0 Å². The Balaban J connectivity index is 1.27. The Hall–Kier alpha value is -1.09. The van der Waals surface area contributed by atoms with Crippen LogP contribution in [0.15, 0.2) is 23.8 Å². The number of aliphatic hydroxyl groups is 1. The lowest BCUT2D eigenvalue weighted by Crippen LogP contribution is -2.65. The van der Waals surface area contributed by atoms with Crippen LogP contribution in [0.2, 0.25) is 0 Å². The summed E-state index contributed by atoms with van der Waals surface area (Å²) in [6, 6.07) is 0. The monoisotopic (exact) mass is 578 g/mol. The molecular weight excluding hydrogens is 516 g/mol. The van der Waals surface area contributed by atoms with Gasteiger partial charge in [-0.3, -0.25) is 4.79 Å². The minimum absolute atomic E-state index is 0.00105. The van der Waals surface area contributed by atoms with Crippen LogP contribution in [0.5, 0.6) is 0 Å². The summed E-state index contributed by atoms with van der Waals surface area (Å²) in [4.78, 5) is 13.6. The fraction of sp³-hybridized carbons (Fsp3) is 0.872. The SMILES string of the molecule is C=C(C)[C@@H]1CC[C@]2(COC(=O)C3C(C=C(C)C)C3(C)C)CC[C@]3(C)C(CCC4[C@@]5(C)CC[C@H](O)[C@H](C)[C@@H]5CC[C@]43C)C12. The van der Waals surface area contributed by atoms with Gasteiger partial charge in [0.2, 0.25) is 0 Å². The maximum Gasteiger partial charge on any atom is 0.310 e. The van der Waals surface area contributed by atoms with E-state index in [0.717, 1.165) is 12.3 Å². The zero-order valence-corrected chi connectivity index (χ0v) is 28.5. The molecule has 0 aromatic heterocycles. The fourth-order valence-corrected chi connectivity index (χ4v) is 13.2. The summed E-state index contributed by atoms with van der Waals surface area (Å²) in [5.74, 6) is 3.92. The van der Waals surface area contributed by atoms with Gasteiger partial charge in [-0.05, 0) is 148 Å². The van der Waals surface area contributed by atoms with Crippen LogP contribution in [0, 0.1) is 74.4 Å². The molecule has 0 aliphatic heterocycles. The molecule has 0 spiro atoms. The zero-order chi connectivity index (χ0) is 30.6. The molecule has 0 aromatic carbocycles. The lowest BCUT2D eigenvalue weighted by molar-refractivity contribution is -0.238. The van der Waals surface area contributed by atoms with E-state index in [9.17, 15) is 9.90 Å². The summed E-state index contributed by atoms with van der Waals surface area (Å²) in [5, 5.41) is 10.8. The molecule has 0 saturated heterocycles. The molecule has 42 heavy (non-hydrogen) atoms. The first-order valence-corrected chi connectivity index (χ1v) is 17.7. The molecule has 3 heteroatoms. The second-order valence-electron chi connectivity index (χ2n) is 18.2. The number of carbonyl (C=O) groups excluding carboxylic acids is 1. The Kier molecular flexibility index (Phi) is 7.33. The maximum absolute atomic E-state index is 13.6. The molecule has 6 rings (SSSR count). The van der Waals surface area contributed by atoms with E-state index in [2.05, 4.69) is 75.0 Å². The van der Waals surface area contributed by atoms with Crippen molar-refractivity contribution in [1.29, 1.82) is 0 Å². The minimum atomic E-state index is -0.120. The van der Waals surface area contributed by atoms with Crippen LogP contribution >= 0.6 is 0 Å². The highest BCUT2D eigenvalue weighted by molar-refractivity contribution is 5.78. The van der Waals surface area contributed by atoms with Crippen molar-refractivity contribution in [2.75, 3.05) is 6.61 Å². The van der Waals surface area contributed by atoms with E-state index in [1.165, 1.54) is 68.9 Å². The third-order valence-electron chi connectivity index (χ3n) is 16.0. The van der Waals surface area contributed by atoms with Crippen LogP contribution in [-0.2, 0) is 9.53 Å². The van der Waals surface area contributed by atoms with E-state index < -0.39 is 0 Å². The molecule has 0 heterocycles. The van der Waals surface area contributed by atoms with E-state index in [1.54, 1.807) is 0 Å². The second kappa shape index (κ2) is 9.95. The summed E-state index contributed by atoms with van der Waals surface area (Å²) < 4.78 is 6.42. The molecule has 5 unspecified atom stereocenters. The molecule has 6 aliphatic rings. The van der Waals surface area contributed by atoms with Crippen LogP contribution in [-0.4, -0.2) is 23.8 Å². The molecule has 6 aliphatic carbocycles. The predicted octanol–water partition coefficient (Wildman–Crippen LogP) is 9.40. The Labute approximate surface area is 257 Å². The third-order valence-corrected chi connectivity index (χ3v) is 16.0. The number of aliphatic hydroxyl groups excluding tert-OH is 1. The normalized spacial score (nSPS) is 52.2. The number of carbonyl (C=O) groups is 1. The predicted molar refractivity (Wildman–Crippen MR) is 172 cm³/mol. The molecular formula is C39H62O3. The van der Waals surface area contributed by atoms with E-state index in [1.807, 2.05) is 0 Å². The molecule has 0 radical (unpaired) electrons. The van der Waals surface area contributed by atoms with Gasteiger partial charge in [0.15, 0.2) is 0 Å². The molecule has 6 fully saturated rings. The molecule has 1 N–H and O–H groups in total. The molecule has 3 nitrogen and oxygen atoms in total. The molecule has 0 amide bonds. The molecule has 0 bridgehead atoms. The van der Waals surface area contributed by atoms with Gasteiger partial charge in [0.05, 0.1) is 18.6 Å². The lowest BCUT2D eigenvalue weighted by atomic mass is 9.33. The quantitative estimate of drug-likeness (QED) is 0.261. The van der Waals surface area contributed by atoms with Crippen LogP contribution in [0.3, 0.4) is 0 Å². The standard InChI is InChI=1S/C39H62O3/c1-23(2)21-29-33(35(29,6)7)34(41)42-22-39-18-13-26(24(3)4)32(39)28-11-12-31-36(8)16-15-30(40)25(5)27(36)14-17-38(31,10)37(28,9)19-20-39/h21,25-33,40H,3,11-20,22H2,1-2,4-10H3/t25-,26+,27+,28?,29?,30+,31?,32?,33?,36+,37-,38-,39-/m1/s1.